The van der Waals surface area contributed by atoms with E-state index >= 15 is 0 Å². The third kappa shape index (κ3) is 4.14. The third-order valence-electron chi connectivity index (χ3n) is 4.66. The second kappa shape index (κ2) is 7.18. The largest absolute Gasteiger partial charge is 0.380 e. The summed E-state index contributed by atoms with van der Waals surface area (Å²) in [4.78, 5) is 6.82. The van der Waals surface area contributed by atoms with Crippen LogP contribution in [0.15, 0.2) is 40.9 Å². The number of ether oxygens (including phenoxy) is 1. The molecular weight excluding hydrogens is 286 g/mol. The highest BCUT2D eigenvalue weighted by Gasteiger charge is 2.33. The third-order valence-corrected chi connectivity index (χ3v) is 4.66. The Kier molecular flexibility index (Phi) is 5.01. The lowest BCUT2D eigenvalue weighted by molar-refractivity contribution is -0.0972. The molecule has 0 aliphatic carbocycles. The van der Waals surface area contributed by atoms with Gasteiger partial charge in [-0.1, -0.05) is 48.9 Å². The molecule has 2 fully saturated rings. The minimum Gasteiger partial charge on any atom is -0.380 e. The first-order valence-electron chi connectivity index (χ1n) is 8.46. The lowest BCUT2D eigenvalue weighted by atomic mass is 9.89. The van der Waals surface area contributed by atoms with Crippen LogP contribution in [0.5, 0.6) is 0 Å². The summed E-state index contributed by atoms with van der Waals surface area (Å²) < 4.78 is 5.32. The number of hydrogen-bond donors (Lipinski definition) is 1. The van der Waals surface area contributed by atoms with Crippen LogP contribution in [0.1, 0.15) is 25.3 Å². The standard InChI is InChI=1S/C19H27N3O/c1-19(14-23-15-19)13-21-18(20-2)22-10-8-17(9-11-22)12-16-6-4-3-5-7-16/h3-7,12H,8-11,13-15H2,1-2H3,(H,20,21). The van der Waals surface area contributed by atoms with Gasteiger partial charge < -0.3 is 15.0 Å². The van der Waals surface area contributed by atoms with Crippen LogP contribution in [0.4, 0.5) is 0 Å². The lowest BCUT2D eigenvalue weighted by Crippen LogP contribution is -2.52. The number of nitrogens with one attached hydrogen (secondary N) is 1. The van der Waals surface area contributed by atoms with Crippen molar-refractivity contribution in [3.63, 3.8) is 0 Å². The zero-order valence-corrected chi connectivity index (χ0v) is 14.2. The molecule has 4 nitrogen and oxygen atoms in total. The predicted octanol–water partition coefficient (Wildman–Crippen LogP) is 2.78. The number of guanidine groups is 1. The fourth-order valence-electron chi connectivity index (χ4n) is 3.11. The predicted molar refractivity (Wildman–Crippen MR) is 95.5 cm³/mol. The Hall–Kier alpha value is -1.81. The van der Waals surface area contributed by atoms with Crippen LogP contribution in [0.25, 0.3) is 6.08 Å². The van der Waals surface area contributed by atoms with E-state index in [1.165, 1.54) is 11.1 Å². The van der Waals surface area contributed by atoms with Crippen LogP contribution in [0.3, 0.4) is 0 Å². The smallest absolute Gasteiger partial charge is 0.193 e. The summed E-state index contributed by atoms with van der Waals surface area (Å²) in [6.07, 6.45) is 4.55. The molecule has 0 aromatic heterocycles. The topological polar surface area (TPSA) is 36.9 Å². The molecule has 2 heterocycles. The highest BCUT2D eigenvalue weighted by atomic mass is 16.5. The van der Waals surface area contributed by atoms with E-state index in [1.54, 1.807) is 0 Å². The zero-order valence-electron chi connectivity index (χ0n) is 14.2. The monoisotopic (exact) mass is 313 g/mol. The van der Waals surface area contributed by atoms with Crippen molar-refractivity contribution in [1.82, 2.24) is 10.2 Å². The molecule has 1 aromatic rings. The molecule has 0 radical (unpaired) electrons. The first-order valence-corrected chi connectivity index (χ1v) is 8.46. The van der Waals surface area contributed by atoms with E-state index in [4.69, 9.17) is 4.74 Å². The number of likely N-dealkylation sites (tertiary alicyclic amines) is 1. The van der Waals surface area contributed by atoms with Crippen molar-refractivity contribution in [2.24, 2.45) is 10.4 Å². The Bertz CT molecular complexity index is 566. The molecule has 1 aromatic carbocycles. The molecule has 3 rings (SSSR count). The van der Waals surface area contributed by atoms with Gasteiger partial charge in [0.25, 0.3) is 0 Å². The van der Waals surface area contributed by atoms with Crippen LogP contribution in [-0.2, 0) is 4.74 Å². The average molecular weight is 313 g/mol. The molecule has 0 saturated carbocycles. The van der Waals surface area contributed by atoms with Crippen molar-refractivity contribution >= 4 is 12.0 Å². The molecule has 0 amide bonds. The van der Waals surface area contributed by atoms with Crippen molar-refractivity contribution in [3.8, 4) is 0 Å². The maximum Gasteiger partial charge on any atom is 0.193 e. The van der Waals surface area contributed by atoms with E-state index in [0.29, 0.717) is 0 Å². The molecule has 0 atom stereocenters. The molecule has 2 aliphatic rings. The highest BCUT2D eigenvalue weighted by Crippen LogP contribution is 2.25. The molecule has 23 heavy (non-hydrogen) atoms. The van der Waals surface area contributed by atoms with Gasteiger partial charge in [-0.2, -0.15) is 0 Å². The van der Waals surface area contributed by atoms with Gasteiger partial charge in [-0.05, 0) is 18.4 Å². The normalized spacial score (nSPS) is 20.9. The van der Waals surface area contributed by atoms with E-state index in [1.807, 2.05) is 7.05 Å². The molecule has 2 saturated heterocycles. The SMILES string of the molecule is CN=C(NCC1(C)COC1)N1CCC(=Cc2ccccc2)CC1. The summed E-state index contributed by atoms with van der Waals surface area (Å²) in [6, 6.07) is 10.6. The number of piperidine rings is 1. The van der Waals surface area contributed by atoms with Crippen molar-refractivity contribution in [2.75, 3.05) is 39.9 Å². The molecule has 0 bridgehead atoms. The Labute approximate surface area is 139 Å². The molecule has 0 unspecified atom stereocenters. The summed E-state index contributed by atoms with van der Waals surface area (Å²) in [5, 5.41) is 3.52. The van der Waals surface area contributed by atoms with E-state index in [9.17, 15) is 0 Å². The van der Waals surface area contributed by atoms with Crippen molar-refractivity contribution in [2.45, 2.75) is 19.8 Å². The van der Waals surface area contributed by atoms with Crippen LogP contribution in [0.2, 0.25) is 0 Å². The van der Waals surface area contributed by atoms with Crippen LogP contribution in [-0.4, -0.2) is 50.8 Å². The number of aliphatic imine (C=N–C) groups is 1. The van der Waals surface area contributed by atoms with Gasteiger partial charge in [0.1, 0.15) is 0 Å². The summed E-state index contributed by atoms with van der Waals surface area (Å²) in [6.45, 7) is 6.95. The fraction of sp³-hybridized carbons (Fsp3) is 0.526. The zero-order chi connectivity index (χ0) is 16.1. The van der Waals surface area contributed by atoms with Crippen LogP contribution < -0.4 is 5.32 Å². The van der Waals surface area contributed by atoms with Crippen LogP contribution >= 0.6 is 0 Å². The number of rotatable bonds is 3. The van der Waals surface area contributed by atoms with Crippen molar-refractivity contribution in [1.29, 1.82) is 0 Å². The van der Waals surface area contributed by atoms with E-state index in [2.05, 4.69) is 58.5 Å². The van der Waals surface area contributed by atoms with E-state index in [0.717, 1.165) is 51.6 Å². The lowest BCUT2D eigenvalue weighted by Gasteiger charge is -2.40. The fourth-order valence-corrected chi connectivity index (χ4v) is 3.11. The Morgan fingerprint density at radius 3 is 2.52 bits per heavy atom. The Morgan fingerprint density at radius 2 is 1.96 bits per heavy atom. The van der Waals surface area contributed by atoms with Crippen molar-refractivity contribution in [3.05, 3.63) is 41.5 Å². The first-order chi connectivity index (χ1) is 11.2. The second-order valence-corrected chi connectivity index (χ2v) is 6.90. The second-order valence-electron chi connectivity index (χ2n) is 6.90. The summed E-state index contributed by atoms with van der Waals surface area (Å²) >= 11 is 0. The minimum atomic E-state index is 0.268. The number of benzene rings is 1. The summed E-state index contributed by atoms with van der Waals surface area (Å²) in [7, 11) is 1.87. The van der Waals surface area contributed by atoms with E-state index in [-0.39, 0.29) is 5.41 Å². The quantitative estimate of drug-likeness (QED) is 0.689. The van der Waals surface area contributed by atoms with Gasteiger partial charge >= 0.3 is 0 Å². The highest BCUT2D eigenvalue weighted by molar-refractivity contribution is 5.80. The van der Waals surface area contributed by atoms with Gasteiger partial charge in [0.05, 0.1) is 13.2 Å². The molecular formula is C19H27N3O. The van der Waals surface area contributed by atoms with Gasteiger partial charge in [0, 0.05) is 32.1 Å². The maximum atomic E-state index is 5.32. The number of hydrogen-bond acceptors (Lipinski definition) is 2. The Morgan fingerprint density at radius 1 is 1.26 bits per heavy atom. The van der Waals surface area contributed by atoms with Gasteiger partial charge in [-0.3, -0.25) is 4.99 Å². The van der Waals surface area contributed by atoms with E-state index < -0.39 is 0 Å². The maximum absolute atomic E-state index is 5.32. The molecule has 2 aliphatic heterocycles. The minimum absolute atomic E-state index is 0.268. The van der Waals surface area contributed by atoms with Gasteiger partial charge in [-0.25, -0.2) is 0 Å². The average Bonchev–Trinajstić information content (AvgIpc) is 2.56. The molecule has 4 heteroatoms. The summed E-state index contributed by atoms with van der Waals surface area (Å²) in [5.41, 5.74) is 3.10. The molecule has 1 N–H and O–H groups in total. The first kappa shape index (κ1) is 16.1. The summed E-state index contributed by atoms with van der Waals surface area (Å²) in [5.74, 6) is 1.02. The van der Waals surface area contributed by atoms with Crippen LogP contribution in [0, 0.1) is 5.41 Å². The number of nitrogens with zero attached hydrogens (tertiary/aromatic N) is 2. The van der Waals surface area contributed by atoms with Gasteiger partial charge in [0.2, 0.25) is 0 Å². The van der Waals surface area contributed by atoms with Gasteiger partial charge in [0.15, 0.2) is 5.96 Å². The van der Waals surface area contributed by atoms with Crippen molar-refractivity contribution < 1.29 is 4.74 Å². The van der Waals surface area contributed by atoms with Gasteiger partial charge in [-0.15, -0.1) is 0 Å². The molecule has 0 spiro atoms. The Balaban J connectivity index is 1.52. The molecule has 124 valence electrons.